The average Bonchev–Trinajstić information content (AvgIpc) is 2.95. The summed E-state index contributed by atoms with van der Waals surface area (Å²) in [5, 5.41) is 4.95. The third kappa shape index (κ3) is 9.61. The van der Waals surface area contributed by atoms with Crippen molar-refractivity contribution >= 4 is 46.8 Å². The fraction of sp³-hybridized carbons (Fsp3) is 0.375. The van der Waals surface area contributed by atoms with Gasteiger partial charge >= 0.3 is 0 Å². The molecule has 0 heterocycles. The SMILES string of the molecule is NCCCCC(CC(=O)[C@H](CS)NC(=O)C(CC(=O)Cc1ccc2ccccc2c1)Cc1ccccc1)C(N)=O. The summed E-state index contributed by atoms with van der Waals surface area (Å²) in [6, 6.07) is 22.5. The van der Waals surface area contributed by atoms with E-state index in [0.29, 0.717) is 25.8 Å². The highest BCUT2D eigenvalue weighted by Crippen LogP contribution is 2.20. The molecule has 3 aromatic carbocycles. The number of carbonyl (C=O) groups is 4. The number of ketones is 2. The van der Waals surface area contributed by atoms with Crippen LogP contribution in [0.25, 0.3) is 10.8 Å². The topological polar surface area (TPSA) is 132 Å². The molecule has 5 N–H and O–H groups in total. The van der Waals surface area contributed by atoms with Gasteiger partial charge in [0.1, 0.15) is 5.78 Å². The molecule has 8 heteroatoms. The number of fused-ring (bicyclic) bond motifs is 1. The number of nitrogens with two attached hydrogens (primary N) is 2. The zero-order valence-electron chi connectivity index (χ0n) is 22.8. The van der Waals surface area contributed by atoms with Crippen molar-refractivity contribution in [1.82, 2.24) is 5.32 Å². The van der Waals surface area contributed by atoms with Crippen LogP contribution in [0.1, 0.15) is 43.2 Å². The minimum absolute atomic E-state index is 0.0318. The number of carbonyl (C=O) groups excluding carboxylic acids is 4. The second-order valence-corrected chi connectivity index (χ2v) is 10.7. The van der Waals surface area contributed by atoms with Crippen molar-refractivity contribution in [1.29, 1.82) is 0 Å². The number of rotatable bonds is 17. The molecule has 0 aliphatic heterocycles. The molecule has 7 nitrogen and oxygen atoms in total. The van der Waals surface area contributed by atoms with Crippen LogP contribution in [0.2, 0.25) is 0 Å². The van der Waals surface area contributed by atoms with E-state index in [-0.39, 0.29) is 42.5 Å². The lowest BCUT2D eigenvalue weighted by Crippen LogP contribution is -2.46. The zero-order chi connectivity index (χ0) is 28.9. The molecule has 0 aliphatic carbocycles. The van der Waals surface area contributed by atoms with Gasteiger partial charge in [0.15, 0.2) is 5.78 Å². The van der Waals surface area contributed by atoms with Gasteiger partial charge < -0.3 is 16.8 Å². The van der Waals surface area contributed by atoms with E-state index in [2.05, 4.69) is 17.9 Å². The number of hydrogen-bond donors (Lipinski definition) is 4. The Kier molecular flexibility index (Phi) is 12.4. The first-order chi connectivity index (χ1) is 19.3. The van der Waals surface area contributed by atoms with Crippen LogP contribution < -0.4 is 16.8 Å². The molecule has 3 rings (SSSR count). The molecule has 0 saturated carbocycles. The van der Waals surface area contributed by atoms with Gasteiger partial charge in [0.2, 0.25) is 11.8 Å². The van der Waals surface area contributed by atoms with Crippen molar-refractivity contribution in [2.24, 2.45) is 23.3 Å². The number of hydrogen-bond acceptors (Lipinski definition) is 6. The monoisotopic (exact) mass is 561 g/mol. The Morgan fingerprint density at radius 1 is 0.800 bits per heavy atom. The number of Topliss-reactive ketones (excluding diaryl/α,β-unsaturated/α-hetero) is 2. The Balaban J connectivity index is 1.69. The summed E-state index contributed by atoms with van der Waals surface area (Å²) >= 11 is 4.29. The Morgan fingerprint density at radius 3 is 2.17 bits per heavy atom. The van der Waals surface area contributed by atoms with Gasteiger partial charge in [-0.05, 0) is 47.7 Å². The summed E-state index contributed by atoms with van der Waals surface area (Å²) in [6.45, 7) is 0.497. The molecule has 0 aromatic heterocycles. The van der Waals surface area contributed by atoms with E-state index in [1.807, 2.05) is 72.8 Å². The van der Waals surface area contributed by atoms with Crippen molar-refractivity contribution in [2.45, 2.75) is 51.0 Å². The summed E-state index contributed by atoms with van der Waals surface area (Å²) in [7, 11) is 0. The molecular weight excluding hydrogens is 522 g/mol. The van der Waals surface area contributed by atoms with Gasteiger partial charge in [0.05, 0.1) is 6.04 Å². The van der Waals surface area contributed by atoms with E-state index < -0.39 is 23.8 Å². The molecule has 0 radical (unpaired) electrons. The van der Waals surface area contributed by atoms with Crippen LogP contribution in [0.3, 0.4) is 0 Å². The molecule has 0 fully saturated rings. The largest absolute Gasteiger partial charge is 0.369 e. The van der Waals surface area contributed by atoms with E-state index in [1.165, 1.54) is 0 Å². The van der Waals surface area contributed by atoms with Crippen LogP contribution in [-0.4, -0.2) is 41.7 Å². The molecule has 3 aromatic rings. The number of primary amides is 1. The second kappa shape index (κ2) is 15.9. The lowest BCUT2D eigenvalue weighted by Gasteiger charge is -2.22. The van der Waals surface area contributed by atoms with Crippen molar-refractivity contribution in [3.8, 4) is 0 Å². The Labute approximate surface area is 241 Å². The Bertz CT molecular complexity index is 1300. The van der Waals surface area contributed by atoms with Crippen LogP contribution in [0.5, 0.6) is 0 Å². The van der Waals surface area contributed by atoms with Crippen LogP contribution in [0, 0.1) is 11.8 Å². The molecule has 0 aliphatic rings. The maximum absolute atomic E-state index is 13.5. The van der Waals surface area contributed by atoms with Gasteiger partial charge in [-0.1, -0.05) is 79.2 Å². The van der Waals surface area contributed by atoms with Gasteiger partial charge in [0, 0.05) is 36.9 Å². The van der Waals surface area contributed by atoms with Crippen LogP contribution in [0.15, 0.2) is 72.8 Å². The maximum atomic E-state index is 13.5. The first kappa shape index (κ1) is 31.0. The Hall–Kier alpha value is -3.49. The standard InChI is InChI=1S/C32H39N3O4S/c33-15-7-6-12-26(31(34)38)20-30(37)29(21-40)35-32(39)27(16-22-8-2-1-3-9-22)19-28(36)18-23-13-14-24-10-4-5-11-25(24)17-23/h1-5,8-11,13-14,17,26-27,29,40H,6-7,12,15-16,18-21,33H2,(H2,34,38)(H,35,39)/t26?,27?,29-/m0/s1. The maximum Gasteiger partial charge on any atom is 0.224 e. The van der Waals surface area contributed by atoms with Crippen LogP contribution >= 0.6 is 12.6 Å². The smallest absolute Gasteiger partial charge is 0.224 e. The van der Waals surface area contributed by atoms with E-state index in [9.17, 15) is 19.2 Å². The van der Waals surface area contributed by atoms with E-state index in [1.54, 1.807) is 0 Å². The van der Waals surface area contributed by atoms with Crippen molar-refractivity contribution in [3.63, 3.8) is 0 Å². The number of thiol groups is 1. The average molecular weight is 562 g/mol. The highest BCUT2D eigenvalue weighted by atomic mass is 32.1. The van der Waals surface area contributed by atoms with E-state index in [4.69, 9.17) is 11.5 Å². The molecule has 0 bridgehead atoms. The van der Waals surface area contributed by atoms with Gasteiger partial charge in [0.25, 0.3) is 0 Å². The normalized spacial score (nSPS) is 13.3. The Morgan fingerprint density at radius 2 is 1.50 bits per heavy atom. The van der Waals surface area contributed by atoms with Crippen LogP contribution in [-0.2, 0) is 32.0 Å². The highest BCUT2D eigenvalue weighted by Gasteiger charge is 2.29. The quantitative estimate of drug-likeness (QED) is 0.147. The molecule has 40 heavy (non-hydrogen) atoms. The van der Waals surface area contributed by atoms with Crippen molar-refractivity contribution < 1.29 is 19.2 Å². The first-order valence-electron chi connectivity index (χ1n) is 13.8. The van der Waals surface area contributed by atoms with Crippen LogP contribution in [0.4, 0.5) is 0 Å². The molecule has 2 amide bonds. The molecule has 0 spiro atoms. The van der Waals surface area contributed by atoms with Crippen molar-refractivity contribution in [3.05, 3.63) is 83.9 Å². The molecule has 0 saturated heterocycles. The van der Waals surface area contributed by atoms with Gasteiger partial charge in [-0.3, -0.25) is 19.2 Å². The lowest BCUT2D eigenvalue weighted by atomic mass is 9.90. The minimum atomic E-state index is -0.888. The predicted octanol–water partition coefficient (Wildman–Crippen LogP) is 3.80. The van der Waals surface area contributed by atoms with Gasteiger partial charge in [-0.2, -0.15) is 12.6 Å². The fourth-order valence-electron chi connectivity index (χ4n) is 4.86. The lowest BCUT2D eigenvalue weighted by molar-refractivity contribution is -0.133. The summed E-state index contributed by atoms with van der Waals surface area (Å²) in [4.78, 5) is 51.6. The molecule has 212 valence electrons. The third-order valence-corrected chi connectivity index (χ3v) is 7.49. The van der Waals surface area contributed by atoms with Crippen molar-refractivity contribution in [2.75, 3.05) is 12.3 Å². The van der Waals surface area contributed by atoms with E-state index >= 15 is 0 Å². The summed E-state index contributed by atoms with van der Waals surface area (Å²) in [5.74, 6) is -2.52. The number of nitrogens with one attached hydrogen (secondary N) is 1. The van der Waals surface area contributed by atoms with E-state index in [0.717, 1.165) is 28.3 Å². The second-order valence-electron chi connectivity index (χ2n) is 10.3. The molecule has 2 unspecified atom stereocenters. The zero-order valence-corrected chi connectivity index (χ0v) is 23.7. The van der Waals surface area contributed by atoms with Gasteiger partial charge in [-0.25, -0.2) is 0 Å². The highest BCUT2D eigenvalue weighted by molar-refractivity contribution is 7.80. The first-order valence-corrected chi connectivity index (χ1v) is 14.4. The summed E-state index contributed by atoms with van der Waals surface area (Å²) in [5.41, 5.74) is 12.9. The minimum Gasteiger partial charge on any atom is -0.369 e. The molecule has 3 atom stereocenters. The fourth-order valence-corrected chi connectivity index (χ4v) is 5.16. The summed E-state index contributed by atoms with van der Waals surface area (Å²) in [6.07, 6.45) is 2.41. The number of unbranched alkanes of at least 4 members (excludes halogenated alkanes) is 1. The van der Waals surface area contributed by atoms with Gasteiger partial charge in [-0.15, -0.1) is 0 Å². The third-order valence-electron chi connectivity index (χ3n) is 7.13. The summed E-state index contributed by atoms with van der Waals surface area (Å²) < 4.78 is 0. The predicted molar refractivity (Wildman–Crippen MR) is 162 cm³/mol. The number of amides is 2. The molecular formula is C32H39N3O4S. The number of benzene rings is 3.